The standard InChI is InChI=1S/C18H12N4O.2C13H9N3O.C13H9N3.C11H12N2O.C8H10BNO2.C6H9NO3.2C2H4O2.ClH.Cu.Na/c1-21-15-7-3-2-6-14(15)17-16(21)9-12(10-19)18(23)22(17)13-5-4-8-20-11-13;1-15-11-5-3-2-4-10(11)13-12(15)6-9(7-14)8-16(13)17;1-16-10-5-3-2-4-9(10)12-11(16)6-8(7-14)13(17)15-12;1-16-11-5-3-2-4-10(11)13-12(16)6-9(7-14)8-15-13;1-8(14)12-10-7-13(2)11-6-4-3-5-9(10)11;1-3-8(7-10-4-1)9-11-5-2-6-12-9;1-9-6(10-2)5(3-7)4-8;2*1-2(3)4;;;/h2-9,11H,1H3;2-6,8H,1H3;2-6H,1H3,(H,15,17);2-6,8H,1H3;3-7H,1-2H3,(H,12,14);1,3-4,7H,2,5-6H2;4,6,8H,1-2H3;2*1H3,(H,3,4);1H;;/q;;;;;;;;;;;+1/p-1. The minimum absolute atomic E-state index is 0. The van der Waals surface area contributed by atoms with Crippen molar-refractivity contribution in [2.45, 2.75) is 33.5 Å². The summed E-state index contributed by atoms with van der Waals surface area (Å²) < 4.78 is 32.4. The van der Waals surface area contributed by atoms with E-state index in [9.17, 15) is 30.0 Å². The Labute approximate surface area is 726 Å². The van der Waals surface area contributed by atoms with Crippen molar-refractivity contribution in [3.8, 4) is 36.0 Å². The van der Waals surface area contributed by atoms with Gasteiger partial charge in [0.15, 0.2) is 12.5 Å². The summed E-state index contributed by atoms with van der Waals surface area (Å²) in [4.78, 5) is 68.6. The summed E-state index contributed by atoms with van der Waals surface area (Å²) in [5.41, 5.74) is 14.9. The van der Waals surface area contributed by atoms with Gasteiger partial charge in [-0.3, -0.25) is 43.5 Å². The van der Waals surface area contributed by atoms with Crippen molar-refractivity contribution in [3.63, 3.8) is 0 Å². The number of benzene rings is 5. The molecule has 16 aromatic rings. The van der Waals surface area contributed by atoms with Gasteiger partial charge >= 0.3 is 36.7 Å². The van der Waals surface area contributed by atoms with Crippen LogP contribution in [0.25, 0.3) is 104 Å². The van der Waals surface area contributed by atoms with E-state index >= 15 is 0 Å². The predicted octanol–water partition coefficient (Wildman–Crippen LogP) is 8.40. The summed E-state index contributed by atoms with van der Waals surface area (Å²) in [6.45, 7) is 5.24. The molecule has 1 saturated heterocycles. The first-order valence-corrected chi connectivity index (χ1v) is 35.7. The van der Waals surface area contributed by atoms with Crippen molar-refractivity contribution in [3.05, 3.63) is 273 Å². The van der Waals surface area contributed by atoms with E-state index in [0.29, 0.717) is 28.6 Å². The number of carbonyl (C=O) groups is 3. The van der Waals surface area contributed by atoms with Crippen LogP contribution in [-0.4, -0.2) is 116 Å². The summed E-state index contributed by atoms with van der Waals surface area (Å²) in [6, 6.07) is 63.5. The molecule has 1 aliphatic heterocycles. The van der Waals surface area contributed by atoms with Crippen LogP contribution in [0.1, 0.15) is 49.4 Å². The van der Waals surface area contributed by atoms with E-state index < -0.39 is 18.2 Å². The number of rotatable bonds is 6. The molecular weight excluding hydrogens is 1610 g/mol. The van der Waals surface area contributed by atoms with E-state index in [1.54, 1.807) is 65.9 Å². The molecule has 17 rings (SSSR count). The molecule has 4 N–H and O–H groups in total. The second kappa shape index (κ2) is 45.1. The van der Waals surface area contributed by atoms with Crippen LogP contribution in [0.3, 0.4) is 0 Å². The number of para-hydroxylation sites is 5. The fourth-order valence-corrected chi connectivity index (χ4v) is 12.8. The van der Waals surface area contributed by atoms with Crippen LogP contribution >= 0.6 is 12.4 Å². The second-order valence-corrected chi connectivity index (χ2v) is 25.6. The molecule has 0 atom stereocenters. The van der Waals surface area contributed by atoms with Gasteiger partial charge in [0.25, 0.3) is 23.1 Å². The zero-order valence-corrected chi connectivity index (χ0v) is 70.6. The molecule has 11 aromatic heterocycles. The number of amides is 1. The van der Waals surface area contributed by atoms with E-state index in [0.717, 1.165) is 142 Å². The number of aromatic nitrogens is 11. The average Bonchev–Trinajstić information content (AvgIpc) is 1.58. The molecule has 34 heteroatoms. The molecule has 120 heavy (non-hydrogen) atoms. The van der Waals surface area contributed by atoms with Gasteiger partial charge in [-0.2, -0.15) is 31.0 Å². The van der Waals surface area contributed by atoms with E-state index in [1.807, 2.05) is 211 Å². The Balaban J connectivity index is 0.000000215. The van der Waals surface area contributed by atoms with Crippen LogP contribution in [0.15, 0.2) is 235 Å². The zero-order valence-electron chi connectivity index (χ0n) is 66.9. The number of hydrogen-bond acceptors (Lipinski definition) is 19. The maximum atomic E-state index is 12.8. The molecule has 0 aliphatic carbocycles. The number of nitriles is 5. The van der Waals surface area contributed by atoms with E-state index in [4.69, 9.17) is 50.2 Å². The molecule has 0 bridgehead atoms. The number of carboxylic acids is 2. The smallest absolute Gasteiger partial charge is 0.877 e. The largest absolute Gasteiger partial charge is 1.00 e. The van der Waals surface area contributed by atoms with E-state index in [1.165, 1.54) is 27.3 Å². The number of aliphatic carboxylic acids is 2. The van der Waals surface area contributed by atoms with Gasteiger partial charge in [0, 0.05) is 164 Å². The van der Waals surface area contributed by atoms with Crippen molar-refractivity contribution in [1.82, 2.24) is 47.3 Å². The van der Waals surface area contributed by atoms with Crippen LogP contribution in [0, 0.1) is 61.9 Å². The van der Waals surface area contributed by atoms with Gasteiger partial charge in [0.2, 0.25) is 11.4 Å². The molecular formula is C86H78BClCuN17NaO13. The minimum atomic E-state index is -0.833. The minimum Gasteiger partial charge on any atom is -0.877 e. The van der Waals surface area contributed by atoms with Crippen LogP contribution in [-0.2, 0) is 85.5 Å². The third kappa shape index (κ3) is 22.5. The van der Waals surface area contributed by atoms with Gasteiger partial charge in [0.1, 0.15) is 46.5 Å². The van der Waals surface area contributed by atoms with Gasteiger partial charge in [-0.15, -0.1) is 18.7 Å². The maximum Gasteiger partial charge on any atom is 1.00 e. The summed E-state index contributed by atoms with van der Waals surface area (Å²) in [6.07, 6.45) is 12.2. The van der Waals surface area contributed by atoms with Crippen LogP contribution < -0.4 is 61.3 Å². The molecule has 0 unspecified atom stereocenters. The fraction of sp³-hybridized carbons (Fsp3) is 0.163. The third-order valence-corrected chi connectivity index (χ3v) is 18.0. The number of aromatic amines is 1. The number of H-pyrrole nitrogens is 1. The predicted molar refractivity (Wildman–Crippen MR) is 450 cm³/mol. The Morgan fingerprint density at radius 1 is 0.600 bits per heavy atom. The van der Waals surface area contributed by atoms with Crippen molar-refractivity contribution >= 4 is 147 Å². The number of carboxylic acid groups (broad SMARTS) is 2. The number of pyridine rings is 6. The molecule has 30 nitrogen and oxygen atoms in total. The molecule has 607 valence electrons. The molecule has 1 aliphatic rings. The van der Waals surface area contributed by atoms with Crippen LogP contribution in [0.5, 0.6) is 0 Å². The number of halogens is 1. The monoisotopic (exact) mass is 1690 g/mol. The normalized spacial score (nSPS) is 11.0. The molecule has 0 spiro atoms. The average molecular weight is 1690 g/mol. The molecule has 1 radical (unpaired) electrons. The van der Waals surface area contributed by atoms with E-state index in [-0.39, 0.29) is 99.9 Å². The molecule has 1 fully saturated rings. The first-order valence-electron chi connectivity index (χ1n) is 35.7. The van der Waals surface area contributed by atoms with Crippen LogP contribution in [0.4, 0.5) is 5.69 Å². The zero-order chi connectivity index (χ0) is 84.6. The number of fused-ring (bicyclic) bond motifs is 13. The topological polar surface area (TPSA) is 428 Å². The molecule has 0 saturated carbocycles. The number of anilines is 1. The summed E-state index contributed by atoms with van der Waals surface area (Å²) in [5, 5.41) is 88.9. The third-order valence-electron chi connectivity index (χ3n) is 18.0. The number of methoxy groups -OCH3 is 2. The van der Waals surface area contributed by atoms with Crippen LogP contribution in [0.2, 0.25) is 0 Å². The number of aryl methyl sites for hydroxylation is 5. The Hall–Kier alpha value is -13.7. The number of hydrogen-bond donors (Lipinski definition) is 4. The maximum absolute atomic E-state index is 12.8. The number of ether oxygens (including phenoxy) is 2. The van der Waals surface area contributed by atoms with Gasteiger partial charge < -0.3 is 72.4 Å². The second-order valence-electron chi connectivity index (χ2n) is 25.6. The molecule has 1 amide bonds. The van der Waals surface area contributed by atoms with Crippen molar-refractivity contribution in [2.24, 2.45) is 35.2 Å². The molecule has 12 heterocycles. The summed E-state index contributed by atoms with van der Waals surface area (Å²) in [5.74, 6) is -1.71. The van der Waals surface area contributed by atoms with Crippen molar-refractivity contribution in [1.29, 1.82) is 26.3 Å². The Morgan fingerprint density at radius 3 is 1.61 bits per heavy atom. The Bertz CT molecular complexity index is 6700. The van der Waals surface area contributed by atoms with Crippen molar-refractivity contribution < 1.29 is 99.8 Å². The summed E-state index contributed by atoms with van der Waals surface area (Å²) >= 11 is 0. The first kappa shape index (κ1) is 95.1. The van der Waals surface area contributed by atoms with Crippen molar-refractivity contribution in [2.75, 3.05) is 32.8 Å². The summed E-state index contributed by atoms with van der Waals surface area (Å²) in [7, 11) is 12.2. The van der Waals surface area contributed by atoms with Gasteiger partial charge in [-0.25, -0.2) is 0 Å². The van der Waals surface area contributed by atoms with Gasteiger partial charge in [0.05, 0.1) is 95.3 Å². The van der Waals surface area contributed by atoms with Gasteiger partial charge in [-0.05, 0) is 85.3 Å². The first-order chi connectivity index (χ1) is 56.4. The fourth-order valence-electron chi connectivity index (χ4n) is 12.8. The number of nitrogens with zero attached hydrogens (tertiary/aromatic N) is 15. The number of nitrogens with one attached hydrogen (secondary N) is 2. The SMILES string of the molecule is CC(=O)Nc1cn(C)c2ccccc12.CC(=O)O.CC(=O)O.COC(OC)C(C#N)=C[O-].Cl.Cn1c2ccccc2c2[nH]c(=O)c(C#N)cc21.Cn1c2ccccc2c2c1cc(C#N)c(=O)n2-c1cccnc1.Cn1c2ccccc2c2c1cc(C#N)c[n+]2[O-].Cn1c2ccccc2c2ncc(C#N)cc21.[Cu].[Na+].c1cncc(B2OCCCO2)c1. The number of carbonyl (C=O) groups excluding carboxylic acids is 1. The van der Waals surface area contributed by atoms with E-state index in [2.05, 4.69) is 57.5 Å². The Morgan fingerprint density at radius 2 is 1.08 bits per heavy atom. The Kier molecular flexibility index (Phi) is 35.7. The quantitative estimate of drug-likeness (QED) is 0.0303. The van der Waals surface area contributed by atoms with Gasteiger partial charge in [-0.1, -0.05) is 91.0 Å². The molecule has 5 aromatic carbocycles.